The van der Waals surface area contributed by atoms with E-state index in [4.69, 9.17) is 0 Å². The lowest BCUT2D eigenvalue weighted by molar-refractivity contribution is -0.386. The van der Waals surface area contributed by atoms with Crippen LogP contribution in [0.4, 0.5) is 5.69 Å². The minimum absolute atomic E-state index is 0.0936. The number of benzene rings is 1. The molecule has 1 aliphatic heterocycles. The third kappa shape index (κ3) is 4.74. The van der Waals surface area contributed by atoms with E-state index in [0.717, 1.165) is 5.56 Å². The van der Waals surface area contributed by atoms with Gasteiger partial charge in [0.25, 0.3) is 0 Å². The van der Waals surface area contributed by atoms with Crippen LogP contribution in [-0.2, 0) is 21.4 Å². The molecule has 1 aromatic heterocycles. The van der Waals surface area contributed by atoms with E-state index >= 15 is 0 Å². The Morgan fingerprint density at radius 2 is 1.80 bits per heavy atom. The average Bonchev–Trinajstić information content (AvgIpc) is 3.00. The first-order valence-electron chi connectivity index (χ1n) is 9.38. The second kappa shape index (κ2) is 8.76. The van der Waals surface area contributed by atoms with Crippen molar-refractivity contribution in [2.45, 2.75) is 20.4 Å². The van der Waals surface area contributed by atoms with Gasteiger partial charge in [-0.25, -0.2) is 8.42 Å². The summed E-state index contributed by atoms with van der Waals surface area (Å²) in [5.41, 5.74) is 1.27. The quantitative estimate of drug-likeness (QED) is 0.504. The van der Waals surface area contributed by atoms with Gasteiger partial charge in [0.2, 0.25) is 15.9 Å². The number of hydrogen-bond acceptors (Lipinski definition) is 6. The first kappa shape index (κ1) is 21.7. The summed E-state index contributed by atoms with van der Waals surface area (Å²) in [7, 11) is -3.59. The molecular formula is C19H23N5O5S. The molecule has 30 heavy (non-hydrogen) atoms. The van der Waals surface area contributed by atoms with Crippen molar-refractivity contribution in [2.24, 2.45) is 0 Å². The summed E-state index contributed by atoms with van der Waals surface area (Å²) in [5.74, 6) is -0.257. The molecule has 0 spiro atoms. The van der Waals surface area contributed by atoms with Gasteiger partial charge in [-0.1, -0.05) is 30.3 Å². The van der Waals surface area contributed by atoms with Gasteiger partial charge >= 0.3 is 5.69 Å². The summed E-state index contributed by atoms with van der Waals surface area (Å²) in [6.45, 7) is 3.82. The molecule has 0 N–H and O–H groups in total. The van der Waals surface area contributed by atoms with E-state index in [1.165, 1.54) is 21.3 Å². The highest BCUT2D eigenvalue weighted by Gasteiger charge is 2.29. The molecular weight excluding hydrogens is 410 g/mol. The molecule has 10 nitrogen and oxygen atoms in total. The fraction of sp³-hybridized carbons (Fsp3) is 0.368. The van der Waals surface area contributed by atoms with E-state index in [1.807, 2.05) is 30.3 Å². The smallest absolute Gasteiger partial charge is 0.312 e. The Labute approximate surface area is 174 Å². The van der Waals surface area contributed by atoms with Gasteiger partial charge in [-0.15, -0.1) is 0 Å². The molecule has 1 saturated heterocycles. The monoisotopic (exact) mass is 433 g/mol. The van der Waals surface area contributed by atoms with Crippen molar-refractivity contribution in [2.75, 3.05) is 26.2 Å². The average molecular weight is 433 g/mol. The molecule has 0 unspecified atom stereocenters. The van der Waals surface area contributed by atoms with E-state index in [9.17, 15) is 23.3 Å². The van der Waals surface area contributed by atoms with Gasteiger partial charge in [-0.2, -0.15) is 9.40 Å². The van der Waals surface area contributed by atoms with Crippen molar-refractivity contribution in [1.82, 2.24) is 19.0 Å². The van der Waals surface area contributed by atoms with Crippen LogP contribution in [0.15, 0.2) is 35.7 Å². The number of hydrogen-bond donors (Lipinski definition) is 0. The fourth-order valence-electron chi connectivity index (χ4n) is 3.34. The van der Waals surface area contributed by atoms with Gasteiger partial charge in [0.15, 0.2) is 0 Å². The number of nitrogens with zero attached hydrogens (tertiary/aromatic N) is 5. The van der Waals surface area contributed by atoms with Crippen molar-refractivity contribution in [3.05, 3.63) is 62.8 Å². The zero-order chi connectivity index (χ0) is 21.9. The summed E-state index contributed by atoms with van der Waals surface area (Å²) in [6, 6.07) is 9.13. The lowest BCUT2D eigenvalue weighted by Crippen LogP contribution is -2.50. The largest absolute Gasteiger partial charge is 0.338 e. The normalized spacial score (nSPS) is 15.6. The van der Waals surface area contributed by atoms with Crippen molar-refractivity contribution < 1.29 is 18.1 Å². The lowest BCUT2D eigenvalue weighted by Gasteiger charge is -2.33. The predicted molar refractivity (Wildman–Crippen MR) is 111 cm³/mol. The Morgan fingerprint density at radius 1 is 1.17 bits per heavy atom. The van der Waals surface area contributed by atoms with Crippen LogP contribution in [0, 0.1) is 24.0 Å². The number of carbonyl (C=O) groups is 1. The minimum atomic E-state index is -3.59. The van der Waals surface area contributed by atoms with Crippen molar-refractivity contribution in [1.29, 1.82) is 0 Å². The number of rotatable bonds is 6. The van der Waals surface area contributed by atoms with Crippen LogP contribution in [0.2, 0.25) is 0 Å². The topological polar surface area (TPSA) is 119 Å². The highest BCUT2D eigenvalue weighted by Crippen LogP contribution is 2.22. The molecule has 2 heterocycles. The van der Waals surface area contributed by atoms with Gasteiger partial charge in [0, 0.05) is 31.6 Å². The summed E-state index contributed by atoms with van der Waals surface area (Å²) < 4.78 is 27.7. The van der Waals surface area contributed by atoms with E-state index < -0.39 is 14.9 Å². The molecule has 1 amide bonds. The number of aryl methyl sites for hydroxylation is 1. The summed E-state index contributed by atoms with van der Waals surface area (Å²) in [4.78, 5) is 24.7. The van der Waals surface area contributed by atoms with Gasteiger partial charge < -0.3 is 4.90 Å². The molecule has 0 radical (unpaired) electrons. The number of amides is 1. The molecule has 0 atom stereocenters. The summed E-state index contributed by atoms with van der Waals surface area (Å²) in [6.07, 6.45) is 1.54. The van der Waals surface area contributed by atoms with Crippen molar-refractivity contribution in [3.63, 3.8) is 0 Å². The van der Waals surface area contributed by atoms with Crippen LogP contribution in [-0.4, -0.2) is 64.4 Å². The molecule has 2 aromatic rings. The third-order valence-corrected chi connectivity index (χ3v) is 6.56. The van der Waals surface area contributed by atoms with Crippen LogP contribution in [0.3, 0.4) is 0 Å². The highest BCUT2D eigenvalue weighted by molar-refractivity contribution is 7.92. The molecule has 0 saturated carbocycles. The van der Waals surface area contributed by atoms with E-state index in [2.05, 4.69) is 5.10 Å². The molecule has 160 valence electrons. The first-order chi connectivity index (χ1) is 14.2. The van der Waals surface area contributed by atoms with Crippen LogP contribution in [0.1, 0.15) is 17.0 Å². The molecule has 11 heteroatoms. The molecule has 1 aliphatic rings. The number of aromatic nitrogens is 2. The summed E-state index contributed by atoms with van der Waals surface area (Å²) >= 11 is 0. The molecule has 0 aliphatic carbocycles. The zero-order valence-electron chi connectivity index (χ0n) is 16.8. The van der Waals surface area contributed by atoms with Gasteiger partial charge in [0.05, 0.1) is 4.92 Å². The third-order valence-electron chi connectivity index (χ3n) is 4.99. The van der Waals surface area contributed by atoms with E-state index in [-0.39, 0.29) is 50.0 Å². The molecule has 0 bridgehead atoms. The SMILES string of the molecule is Cc1nn(CC(=O)N2CCN(S(=O)(=O)/C=C/c3ccccc3)CC2)c(C)c1[N+](=O)[O-]. The first-order valence-corrected chi connectivity index (χ1v) is 10.9. The van der Waals surface area contributed by atoms with Crippen LogP contribution in [0.5, 0.6) is 0 Å². The Balaban J connectivity index is 1.60. The van der Waals surface area contributed by atoms with E-state index in [1.54, 1.807) is 17.9 Å². The highest BCUT2D eigenvalue weighted by atomic mass is 32.2. The maximum Gasteiger partial charge on any atom is 0.312 e. The van der Waals surface area contributed by atoms with Gasteiger partial charge in [-0.05, 0) is 25.5 Å². The van der Waals surface area contributed by atoms with Crippen molar-refractivity contribution >= 4 is 27.7 Å². The Hall–Kier alpha value is -3.05. The number of sulfonamides is 1. The second-order valence-electron chi connectivity index (χ2n) is 6.97. The van der Waals surface area contributed by atoms with Crippen LogP contribution < -0.4 is 0 Å². The number of nitro groups is 1. The van der Waals surface area contributed by atoms with E-state index in [0.29, 0.717) is 5.69 Å². The van der Waals surface area contributed by atoms with Gasteiger partial charge in [-0.3, -0.25) is 19.6 Å². The Bertz CT molecular complexity index is 1070. The molecule has 3 rings (SSSR count). The summed E-state index contributed by atoms with van der Waals surface area (Å²) in [5, 5.41) is 16.4. The zero-order valence-corrected chi connectivity index (χ0v) is 17.6. The number of piperazine rings is 1. The van der Waals surface area contributed by atoms with Crippen molar-refractivity contribution in [3.8, 4) is 0 Å². The minimum Gasteiger partial charge on any atom is -0.338 e. The molecule has 1 aromatic carbocycles. The van der Waals surface area contributed by atoms with Crippen LogP contribution in [0.25, 0.3) is 6.08 Å². The van der Waals surface area contributed by atoms with Crippen LogP contribution >= 0.6 is 0 Å². The fourth-order valence-corrected chi connectivity index (χ4v) is 4.51. The maximum absolute atomic E-state index is 12.6. The lowest BCUT2D eigenvalue weighted by atomic mass is 10.2. The number of carbonyl (C=O) groups excluding carboxylic acids is 1. The van der Waals surface area contributed by atoms with Gasteiger partial charge in [0.1, 0.15) is 17.9 Å². The second-order valence-corrected chi connectivity index (χ2v) is 8.79. The Kier molecular flexibility index (Phi) is 6.32. The maximum atomic E-state index is 12.6. The molecule has 1 fully saturated rings. The Morgan fingerprint density at radius 3 is 2.37 bits per heavy atom. The standard InChI is InChI=1S/C19H23N5O5S/c1-15-19(24(26)27)16(2)23(20-15)14-18(25)21-9-11-22(12-10-21)30(28,29)13-8-17-6-4-3-5-7-17/h3-8,13H,9-12,14H2,1-2H3/b13-8+. The predicted octanol–water partition coefficient (Wildman–Crippen LogP) is 1.55.